The van der Waals surface area contributed by atoms with E-state index < -0.39 is 24.8 Å². The molecule has 4 fully saturated rings. The van der Waals surface area contributed by atoms with Crippen molar-refractivity contribution in [3.63, 3.8) is 0 Å². The van der Waals surface area contributed by atoms with Crippen LogP contribution in [0.4, 0.5) is 17.6 Å². The van der Waals surface area contributed by atoms with Crippen LogP contribution in [0.15, 0.2) is 0 Å². The van der Waals surface area contributed by atoms with E-state index in [0.717, 1.165) is 19.3 Å². The molecule has 0 spiro atoms. The van der Waals surface area contributed by atoms with Crippen LogP contribution in [0.2, 0.25) is 0 Å². The van der Waals surface area contributed by atoms with E-state index in [1.165, 1.54) is 19.3 Å². The Balaban J connectivity index is 1.61. The Kier molecular flexibility index (Phi) is 3.35. The van der Waals surface area contributed by atoms with Crippen molar-refractivity contribution >= 4 is 0 Å². The molecule has 0 atom stereocenters. The van der Waals surface area contributed by atoms with Crippen molar-refractivity contribution in [3.8, 4) is 0 Å². The molecule has 0 saturated heterocycles. The van der Waals surface area contributed by atoms with Gasteiger partial charge in [-0.2, -0.15) is 0 Å². The summed E-state index contributed by atoms with van der Waals surface area (Å²) in [5, 5.41) is 3.01. The molecule has 1 nitrogen and oxygen atoms in total. The molecule has 4 bridgehead atoms. The number of alkyl halides is 4. The summed E-state index contributed by atoms with van der Waals surface area (Å²) < 4.78 is 52.9. The summed E-state index contributed by atoms with van der Waals surface area (Å²) in [5.41, 5.74) is -0.193. The van der Waals surface area contributed by atoms with Gasteiger partial charge in [0.05, 0.1) is 13.0 Å². The maximum atomic E-state index is 13.7. The van der Waals surface area contributed by atoms with Gasteiger partial charge in [-0.1, -0.05) is 0 Å². The van der Waals surface area contributed by atoms with Crippen LogP contribution in [-0.2, 0) is 0 Å². The average molecular weight is 293 g/mol. The first-order valence-electron chi connectivity index (χ1n) is 7.66. The minimum atomic E-state index is -3.33. The van der Waals surface area contributed by atoms with Crippen molar-refractivity contribution in [2.45, 2.75) is 69.3 Å². The van der Waals surface area contributed by atoms with Crippen molar-refractivity contribution in [1.82, 2.24) is 5.32 Å². The lowest BCUT2D eigenvalue weighted by Gasteiger charge is -2.57. The van der Waals surface area contributed by atoms with Gasteiger partial charge in [0.2, 0.25) is 0 Å². The van der Waals surface area contributed by atoms with Crippen molar-refractivity contribution < 1.29 is 17.6 Å². The largest absolute Gasteiger partial charge is 0.306 e. The molecule has 4 saturated carbocycles. The van der Waals surface area contributed by atoms with Gasteiger partial charge >= 0.3 is 0 Å². The third kappa shape index (κ3) is 3.12. The average Bonchev–Trinajstić information content (AvgIpc) is 2.21. The monoisotopic (exact) mass is 293 g/mol. The minimum Gasteiger partial charge on any atom is -0.306 e. The van der Waals surface area contributed by atoms with E-state index in [-0.39, 0.29) is 5.54 Å². The Bertz CT molecular complexity index is 339. The Morgan fingerprint density at radius 2 is 1.40 bits per heavy atom. The molecule has 5 heteroatoms. The highest BCUT2D eigenvalue weighted by molar-refractivity contribution is 5.06. The van der Waals surface area contributed by atoms with Gasteiger partial charge < -0.3 is 5.32 Å². The quantitative estimate of drug-likeness (QED) is 0.748. The molecule has 4 aliphatic rings. The molecule has 0 aromatic heterocycles. The van der Waals surface area contributed by atoms with E-state index in [4.69, 9.17) is 0 Å². The Hall–Kier alpha value is -0.320. The van der Waals surface area contributed by atoms with Gasteiger partial charge in [0.1, 0.15) is 0 Å². The molecule has 0 aliphatic heterocycles. The van der Waals surface area contributed by atoms with E-state index in [0.29, 0.717) is 24.7 Å². The second-order valence-corrected chi connectivity index (χ2v) is 7.65. The zero-order valence-electron chi connectivity index (χ0n) is 11.9. The predicted molar refractivity (Wildman–Crippen MR) is 69.1 cm³/mol. The second kappa shape index (κ2) is 4.59. The predicted octanol–water partition coefficient (Wildman–Crippen LogP) is 4.23. The van der Waals surface area contributed by atoms with Crippen LogP contribution in [0.1, 0.15) is 51.9 Å². The number of hydrogen-bond acceptors (Lipinski definition) is 1. The van der Waals surface area contributed by atoms with Gasteiger partial charge in [0.15, 0.2) is 0 Å². The van der Waals surface area contributed by atoms with Crippen LogP contribution in [0.3, 0.4) is 0 Å². The fourth-order valence-electron chi connectivity index (χ4n) is 5.16. The zero-order valence-corrected chi connectivity index (χ0v) is 11.9. The number of nitrogens with one attached hydrogen (secondary N) is 1. The third-order valence-corrected chi connectivity index (χ3v) is 5.33. The first-order valence-corrected chi connectivity index (χ1v) is 7.66. The van der Waals surface area contributed by atoms with Gasteiger partial charge in [-0.25, -0.2) is 17.6 Å². The van der Waals surface area contributed by atoms with Crippen LogP contribution in [0, 0.1) is 17.8 Å². The fourth-order valence-corrected chi connectivity index (χ4v) is 5.16. The fraction of sp³-hybridized carbons (Fsp3) is 1.00. The van der Waals surface area contributed by atoms with Gasteiger partial charge in [0, 0.05) is 5.54 Å². The maximum Gasteiger partial charge on any atom is 0.266 e. The van der Waals surface area contributed by atoms with Crippen LogP contribution in [0.25, 0.3) is 0 Å². The van der Waals surface area contributed by atoms with E-state index in [1.54, 1.807) is 0 Å². The first kappa shape index (κ1) is 14.6. The summed E-state index contributed by atoms with van der Waals surface area (Å²) >= 11 is 0. The van der Waals surface area contributed by atoms with Gasteiger partial charge in [-0.3, -0.25) is 0 Å². The topological polar surface area (TPSA) is 12.0 Å². The summed E-state index contributed by atoms with van der Waals surface area (Å²) in [6.45, 7) is -0.0474. The lowest BCUT2D eigenvalue weighted by atomic mass is 9.53. The SMILES string of the molecule is CC(F)(F)CC(F)(F)CNC12CC3CC(CC(C3)C1)C2. The van der Waals surface area contributed by atoms with Crippen molar-refractivity contribution in [1.29, 1.82) is 0 Å². The zero-order chi connectivity index (χ0) is 14.6. The molecule has 0 aromatic rings. The van der Waals surface area contributed by atoms with Crippen molar-refractivity contribution in [3.05, 3.63) is 0 Å². The highest BCUT2D eigenvalue weighted by atomic mass is 19.3. The normalized spacial score (nSPS) is 40.4. The Morgan fingerprint density at radius 3 is 1.80 bits per heavy atom. The highest BCUT2D eigenvalue weighted by Gasteiger charge is 2.52. The molecule has 20 heavy (non-hydrogen) atoms. The van der Waals surface area contributed by atoms with Crippen LogP contribution in [0.5, 0.6) is 0 Å². The standard InChI is InChI=1S/C15H23F4N/c1-13(16,17)8-15(18,19)9-20-14-5-10-2-11(6-14)4-12(3-10)7-14/h10-12,20H,2-9H2,1H3. The maximum absolute atomic E-state index is 13.7. The van der Waals surface area contributed by atoms with Crippen LogP contribution >= 0.6 is 0 Å². The third-order valence-electron chi connectivity index (χ3n) is 5.33. The molecule has 1 N–H and O–H groups in total. The molecule has 4 rings (SSSR count). The van der Waals surface area contributed by atoms with E-state index in [2.05, 4.69) is 5.32 Å². The summed E-state index contributed by atoms with van der Waals surface area (Å²) in [5.74, 6) is -4.66. The molecule has 116 valence electrons. The molecule has 0 heterocycles. The summed E-state index contributed by atoms with van der Waals surface area (Å²) in [6.07, 6.45) is 5.23. The lowest BCUT2D eigenvalue weighted by Crippen LogP contribution is -2.60. The summed E-state index contributed by atoms with van der Waals surface area (Å²) in [4.78, 5) is 0. The first-order chi connectivity index (χ1) is 9.15. The smallest absolute Gasteiger partial charge is 0.266 e. The summed E-state index contributed by atoms with van der Waals surface area (Å²) in [7, 11) is 0. The molecule has 0 aromatic carbocycles. The molecule has 0 radical (unpaired) electrons. The Morgan fingerprint density at radius 1 is 0.950 bits per heavy atom. The van der Waals surface area contributed by atoms with Crippen molar-refractivity contribution in [2.75, 3.05) is 6.54 Å². The minimum absolute atomic E-state index is 0.193. The number of rotatable bonds is 5. The summed E-state index contributed by atoms with van der Waals surface area (Å²) in [6, 6.07) is 0. The molecular formula is C15H23F4N. The van der Waals surface area contributed by atoms with Gasteiger partial charge in [-0.05, 0) is 63.2 Å². The number of halogens is 4. The molecule has 4 aliphatic carbocycles. The van der Waals surface area contributed by atoms with Crippen LogP contribution in [-0.4, -0.2) is 23.9 Å². The van der Waals surface area contributed by atoms with Gasteiger partial charge in [0.25, 0.3) is 11.8 Å². The Labute approximate surface area is 117 Å². The molecule has 0 amide bonds. The van der Waals surface area contributed by atoms with Crippen LogP contribution < -0.4 is 5.32 Å². The lowest BCUT2D eigenvalue weighted by molar-refractivity contribution is -0.108. The van der Waals surface area contributed by atoms with E-state index in [1.807, 2.05) is 0 Å². The second-order valence-electron chi connectivity index (χ2n) is 7.65. The highest BCUT2D eigenvalue weighted by Crippen LogP contribution is 2.55. The molecular weight excluding hydrogens is 270 g/mol. The molecule has 0 unspecified atom stereocenters. The van der Waals surface area contributed by atoms with E-state index in [9.17, 15) is 17.6 Å². The van der Waals surface area contributed by atoms with Crippen molar-refractivity contribution in [2.24, 2.45) is 17.8 Å². The van der Waals surface area contributed by atoms with E-state index >= 15 is 0 Å². The van der Waals surface area contributed by atoms with Gasteiger partial charge in [-0.15, -0.1) is 0 Å². The number of hydrogen-bond donors (Lipinski definition) is 1.